The maximum absolute atomic E-state index is 11.6. The van der Waals surface area contributed by atoms with Crippen molar-refractivity contribution < 1.29 is 18.1 Å². The summed E-state index contributed by atoms with van der Waals surface area (Å²) in [4.78, 5) is 11.6. The number of carbonyl (C=O) groups is 1. The van der Waals surface area contributed by atoms with E-state index < -0.39 is 8.97 Å². The fourth-order valence-corrected chi connectivity index (χ4v) is 2.93. The Kier molecular flexibility index (Phi) is 5.94. The molecule has 0 spiro atoms. The number of nitrogens with zero attached hydrogens (tertiary/aromatic N) is 1. The van der Waals surface area contributed by atoms with E-state index in [0.29, 0.717) is 6.42 Å². The molecule has 5 nitrogen and oxygen atoms in total. The van der Waals surface area contributed by atoms with Gasteiger partial charge >= 0.3 is 8.97 Å². The van der Waals surface area contributed by atoms with E-state index in [2.05, 4.69) is 0 Å². The molecule has 0 aliphatic carbocycles. The van der Waals surface area contributed by atoms with Crippen LogP contribution in [0.1, 0.15) is 19.8 Å². The van der Waals surface area contributed by atoms with Crippen LogP contribution in [0, 0.1) is 0 Å². The van der Waals surface area contributed by atoms with Crippen LogP contribution in [0.3, 0.4) is 0 Å². The number of rotatable bonds is 6. The average molecular weight is 221 g/mol. The van der Waals surface area contributed by atoms with E-state index in [1.165, 1.54) is 25.9 Å². The third-order valence-electron chi connectivity index (χ3n) is 2.02. The number of carbonyl (C=O) groups excluding carboxylic acids is 1. The second-order valence-corrected chi connectivity index (χ2v) is 5.78. The van der Waals surface area contributed by atoms with Gasteiger partial charge in [0.2, 0.25) is 5.91 Å². The molecular formula is C8H19NO4Si. The van der Waals surface area contributed by atoms with Gasteiger partial charge in [0.05, 0.1) is 0 Å². The van der Waals surface area contributed by atoms with E-state index in [-0.39, 0.29) is 5.91 Å². The van der Waals surface area contributed by atoms with E-state index in [4.69, 9.17) is 13.3 Å². The lowest BCUT2D eigenvalue weighted by atomic mass is 10.3. The van der Waals surface area contributed by atoms with Crippen molar-refractivity contribution in [3.63, 3.8) is 0 Å². The zero-order valence-corrected chi connectivity index (χ0v) is 10.5. The molecule has 84 valence electrons. The van der Waals surface area contributed by atoms with Crippen molar-refractivity contribution >= 4 is 14.9 Å². The lowest BCUT2D eigenvalue weighted by Crippen LogP contribution is -2.59. The first-order valence-electron chi connectivity index (χ1n) is 4.50. The Labute approximate surface area is 86.4 Å². The van der Waals surface area contributed by atoms with Gasteiger partial charge in [-0.2, -0.15) is 0 Å². The first-order chi connectivity index (χ1) is 6.57. The van der Waals surface area contributed by atoms with Crippen molar-refractivity contribution in [1.29, 1.82) is 0 Å². The molecular weight excluding hydrogens is 202 g/mol. The Balaban J connectivity index is 4.57. The predicted molar refractivity (Wildman–Crippen MR) is 54.5 cm³/mol. The topological polar surface area (TPSA) is 48.0 Å². The number of amides is 1. The van der Waals surface area contributed by atoms with Crippen LogP contribution >= 0.6 is 0 Å². The standard InChI is InChI=1S/C8H19NO4Si/c1-6-7-8(10)9(2)14(11-3,12-4)13-5/h6-7H2,1-5H3. The Bertz CT molecular complexity index is 176. The number of hydrogen-bond donors (Lipinski definition) is 0. The summed E-state index contributed by atoms with van der Waals surface area (Å²) in [5.41, 5.74) is 0. The van der Waals surface area contributed by atoms with Crippen LogP contribution in [-0.2, 0) is 18.1 Å². The Morgan fingerprint density at radius 1 is 1.21 bits per heavy atom. The molecule has 0 aliphatic heterocycles. The largest absolute Gasteiger partial charge is 0.634 e. The van der Waals surface area contributed by atoms with E-state index >= 15 is 0 Å². The zero-order valence-electron chi connectivity index (χ0n) is 9.49. The highest BCUT2D eigenvalue weighted by Gasteiger charge is 2.47. The van der Waals surface area contributed by atoms with E-state index in [9.17, 15) is 4.79 Å². The lowest BCUT2D eigenvalue weighted by Gasteiger charge is -2.32. The molecule has 6 heteroatoms. The van der Waals surface area contributed by atoms with Crippen molar-refractivity contribution in [2.24, 2.45) is 0 Å². The smallest absolute Gasteiger partial charge is 0.360 e. The molecule has 1 amide bonds. The van der Waals surface area contributed by atoms with Crippen molar-refractivity contribution in [2.45, 2.75) is 19.8 Å². The van der Waals surface area contributed by atoms with E-state index in [1.807, 2.05) is 6.92 Å². The van der Waals surface area contributed by atoms with Gasteiger partial charge < -0.3 is 17.8 Å². The molecule has 0 atom stereocenters. The summed E-state index contributed by atoms with van der Waals surface area (Å²) in [5, 5.41) is 0. The summed E-state index contributed by atoms with van der Waals surface area (Å²) in [6.45, 7) is 1.95. The average Bonchev–Trinajstić information content (AvgIpc) is 2.21. The van der Waals surface area contributed by atoms with Crippen LogP contribution in [0.4, 0.5) is 0 Å². The van der Waals surface area contributed by atoms with Crippen LogP contribution in [0.25, 0.3) is 0 Å². The summed E-state index contributed by atoms with van der Waals surface area (Å²) in [7, 11) is 3.15. The minimum Gasteiger partial charge on any atom is -0.360 e. The zero-order chi connectivity index (χ0) is 11.2. The molecule has 0 aromatic rings. The molecule has 0 fully saturated rings. The molecule has 0 aliphatic rings. The maximum atomic E-state index is 11.6. The minimum absolute atomic E-state index is 0.0234. The molecule has 0 N–H and O–H groups in total. The monoisotopic (exact) mass is 221 g/mol. The Morgan fingerprint density at radius 2 is 1.64 bits per heavy atom. The van der Waals surface area contributed by atoms with E-state index in [1.54, 1.807) is 7.05 Å². The molecule has 0 heterocycles. The van der Waals surface area contributed by atoms with Gasteiger partial charge in [-0.05, 0) is 6.42 Å². The third-order valence-corrected chi connectivity index (χ3v) is 4.64. The van der Waals surface area contributed by atoms with Gasteiger partial charge in [0.1, 0.15) is 0 Å². The van der Waals surface area contributed by atoms with Gasteiger partial charge in [0, 0.05) is 34.8 Å². The highest BCUT2D eigenvalue weighted by molar-refractivity contribution is 6.60. The molecule has 0 radical (unpaired) electrons. The van der Waals surface area contributed by atoms with Gasteiger partial charge in [-0.1, -0.05) is 6.92 Å². The van der Waals surface area contributed by atoms with Gasteiger partial charge in [0.15, 0.2) is 0 Å². The summed E-state index contributed by atoms with van der Waals surface area (Å²) in [6.07, 6.45) is 1.27. The summed E-state index contributed by atoms with van der Waals surface area (Å²) in [5.74, 6) is -0.0234. The normalized spacial score (nSPS) is 11.5. The van der Waals surface area contributed by atoms with E-state index in [0.717, 1.165) is 6.42 Å². The first kappa shape index (κ1) is 13.6. The quantitative estimate of drug-likeness (QED) is 0.617. The SMILES string of the molecule is CCCC(=O)N(C)[Si](OC)(OC)OC. The highest BCUT2D eigenvalue weighted by Crippen LogP contribution is 2.12. The molecule has 0 unspecified atom stereocenters. The second-order valence-electron chi connectivity index (χ2n) is 2.84. The predicted octanol–water partition coefficient (Wildman–Crippen LogP) is 0.620. The molecule has 0 aromatic heterocycles. The number of hydrogen-bond acceptors (Lipinski definition) is 4. The lowest BCUT2D eigenvalue weighted by molar-refractivity contribution is -0.129. The van der Waals surface area contributed by atoms with Gasteiger partial charge in [-0.3, -0.25) is 4.79 Å². The summed E-state index contributed by atoms with van der Waals surface area (Å²) < 4.78 is 16.9. The van der Waals surface area contributed by atoms with Crippen LogP contribution in [0.5, 0.6) is 0 Å². The van der Waals surface area contributed by atoms with Crippen LogP contribution in [0.2, 0.25) is 0 Å². The molecule has 0 aromatic carbocycles. The molecule has 0 saturated carbocycles. The third kappa shape index (κ3) is 2.78. The van der Waals surface area contributed by atoms with Crippen molar-refractivity contribution in [3.8, 4) is 0 Å². The van der Waals surface area contributed by atoms with Crippen molar-refractivity contribution in [2.75, 3.05) is 28.4 Å². The van der Waals surface area contributed by atoms with Crippen molar-refractivity contribution in [3.05, 3.63) is 0 Å². The Hall–Kier alpha value is -0.433. The molecule has 14 heavy (non-hydrogen) atoms. The van der Waals surface area contributed by atoms with Crippen molar-refractivity contribution in [1.82, 2.24) is 4.57 Å². The second kappa shape index (κ2) is 6.13. The maximum Gasteiger partial charge on any atom is 0.634 e. The summed E-state index contributed by atoms with van der Waals surface area (Å²) in [6, 6.07) is 0. The van der Waals surface area contributed by atoms with Crippen LogP contribution in [0.15, 0.2) is 0 Å². The molecule has 0 rings (SSSR count). The first-order valence-corrected chi connectivity index (χ1v) is 6.17. The van der Waals surface area contributed by atoms with Gasteiger partial charge in [0.25, 0.3) is 0 Å². The minimum atomic E-state index is -2.94. The van der Waals surface area contributed by atoms with Crippen LogP contribution in [-0.4, -0.2) is 47.8 Å². The fourth-order valence-electron chi connectivity index (χ4n) is 1.20. The van der Waals surface area contributed by atoms with Gasteiger partial charge in [-0.25, -0.2) is 0 Å². The Morgan fingerprint density at radius 3 is 1.93 bits per heavy atom. The van der Waals surface area contributed by atoms with Gasteiger partial charge in [-0.15, -0.1) is 0 Å². The molecule has 0 saturated heterocycles. The molecule has 0 bridgehead atoms. The van der Waals surface area contributed by atoms with Crippen LogP contribution < -0.4 is 0 Å². The fraction of sp³-hybridized carbons (Fsp3) is 0.875. The summed E-state index contributed by atoms with van der Waals surface area (Å²) >= 11 is 0. The highest BCUT2D eigenvalue weighted by atomic mass is 28.4.